The predicted octanol–water partition coefficient (Wildman–Crippen LogP) is 4.54. The molecule has 6 atom stereocenters. The minimum Gasteiger partial charge on any atom is -0.465 e. The van der Waals surface area contributed by atoms with Crippen molar-refractivity contribution in [3.8, 4) is 0 Å². The molecule has 3 aliphatic carbocycles. The summed E-state index contributed by atoms with van der Waals surface area (Å²) in [5.74, 6) is 0.765. The number of ether oxygens (including phenoxy) is 1. The summed E-state index contributed by atoms with van der Waals surface area (Å²) in [6, 6.07) is 0. The molecule has 0 aromatic carbocycles. The molecule has 0 radical (unpaired) electrons. The number of hydrogen-bond acceptors (Lipinski definition) is 5. The first kappa shape index (κ1) is 21.0. The van der Waals surface area contributed by atoms with Crippen LogP contribution in [0.5, 0.6) is 0 Å². The molecule has 0 amide bonds. The Morgan fingerprint density at radius 2 is 1.86 bits per heavy atom. The number of carbonyl (C=O) groups excluding carboxylic acids is 1. The summed E-state index contributed by atoms with van der Waals surface area (Å²) < 4.78 is 71.7. The van der Waals surface area contributed by atoms with Crippen LogP contribution in [0.4, 0.5) is 13.2 Å². The molecule has 29 heavy (non-hydrogen) atoms. The van der Waals surface area contributed by atoms with E-state index in [0.717, 1.165) is 25.7 Å². The number of cyclic esters (lactones) is 1. The van der Waals surface area contributed by atoms with E-state index in [1.165, 1.54) is 0 Å². The Kier molecular flexibility index (Phi) is 4.80. The molecule has 4 rings (SSSR count). The van der Waals surface area contributed by atoms with Crippen LogP contribution in [-0.2, 0) is 23.8 Å². The summed E-state index contributed by atoms with van der Waals surface area (Å²) in [5.41, 5.74) is -6.18. The fourth-order valence-corrected chi connectivity index (χ4v) is 7.25. The first-order valence-electron chi connectivity index (χ1n) is 10.3. The molecule has 5 nitrogen and oxygen atoms in total. The molecule has 1 saturated heterocycles. The molecule has 0 bridgehead atoms. The number of carbonyl (C=O) groups is 1. The molecule has 2 saturated carbocycles. The maximum Gasteiger partial charge on any atom is 0.534 e. The summed E-state index contributed by atoms with van der Waals surface area (Å²) in [5, 5.41) is 0. The average molecular weight is 436 g/mol. The molecule has 1 heterocycles. The number of alkyl halides is 3. The van der Waals surface area contributed by atoms with E-state index in [-0.39, 0.29) is 29.0 Å². The van der Waals surface area contributed by atoms with E-state index in [2.05, 4.69) is 11.1 Å². The van der Waals surface area contributed by atoms with Crippen LogP contribution < -0.4 is 0 Å². The Labute approximate surface area is 169 Å². The SMILES string of the molecule is C[C@]12CCC(=O)OC[C@@H]1CC[C@@H]1[C@@H]2CC[C@]2(C)C(OS(=O)(=O)C(F)(F)F)=CC[C@@H]12. The van der Waals surface area contributed by atoms with Crippen molar-refractivity contribution in [2.75, 3.05) is 6.61 Å². The van der Waals surface area contributed by atoms with Crippen molar-refractivity contribution in [3.63, 3.8) is 0 Å². The topological polar surface area (TPSA) is 69.7 Å². The van der Waals surface area contributed by atoms with Crippen molar-refractivity contribution < 1.29 is 35.3 Å². The van der Waals surface area contributed by atoms with Gasteiger partial charge in [-0.2, -0.15) is 21.6 Å². The van der Waals surface area contributed by atoms with Crippen LogP contribution >= 0.6 is 0 Å². The maximum atomic E-state index is 12.8. The number of rotatable bonds is 2. The van der Waals surface area contributed by atoms with Crippen LogP contribution in [0.25, 0.3) is 0 Å². The number of esters is 1. The van der Waals surface area contributed by atoms with Gasteiger partial charge in [0.05, 0.1) is 6.61 Å². The first-order chi connectivity index (χ1) is 13.4. The van der Waals surface area contributed by atoms with Crippen molar-refractivity contribution in [3.05, 3.63) is 11.8 Å². The van der Waals surface area contributed by atoms with Gasteiger partial charge >= 0.3 is 21.6 Å². The number of allylic oxidation sites excluding steroid dienone is 2. The normalized spacial score (nSPS) is 42.7. The van der Waals surface area contributed by atoms with E-state index < -0.39 is 21.0 Å². The van der Waals surface area contributed by atoms with Crippen LogP contribution in [0.3, 0.4) is 0 Å². The van der Waals surface area contributed by atoms with E-state index in [1.807, 2.05) is 6.92 Å². The fourth-order valence-electron chi connectivity index (χ4n) is 6.66. The van der Waals surface area contributed by atoms with Gasteiger partial charge < -0.3 is 8.92 Å². The standard InChI is InChI=1S/C20H27F3O5S/c1-18-10-8-17(24)27-11-12(18)3-4-13-14-5-6-16(19(14,2)9-7-15(13)18)28-29(25,26)20(21,22)23/h6,12-15H,3-5,7-11H2,1-2H3/t12-,13-,14-,15-,18-,19-/m0/s1. The predicted molar refractivity (Wildman–Crippen MR) is 97.6 cm³/mol. The summed E-state index contributed by atoms with van der Waals surface area (Å²) >= 11 is 0. The minimum absolute atomic E-state index is 0.0436. The lowest BCUT2D eigenvalue weighted by Gasteiger charge is -2.58. The zero-order valence-corrected chi connectivity index (χ0v) is 17.4. The second kappa shape index (κ2) is 6.62. The van der Waals surface area contributed by atoms with E-state index in [0.29, 0.717) is 37.7 Å². The van der Waals surface area contributed by atoms with Gasteiger partial charge in [-0.05, 0) is 73.7 Å². The quantitative estimate of drug-likeness (QED) is 0.361. The van der Waals surface area contributed by atoms with Crippen molar-refractivity contribution in [1.82, 2.24) is 0 Å². The second-order valence-corrected chi connectivity index (χ2v) is 11.1. The first-order valence-corrected chi connectivity index (χ1v) is 11.7. The summed E-state index contributed by atoms with van der Waals surface area (Å²) in [4.78, 5) is 11.8. The van der Waals surface area contributed by atoms with Crippen molar-refractivity contribution in [1.29, 1.82) is 0 Å². The van der Waals surface area contributed by atoms with E-state index in [4.69, 9.17) is 4.74 Å². The monoisotopic (exact) mass is 436 g/mol. The van der Waals surface area contributed by atoms with Crippen LogP contribution in [0.2, 0.25) is 0 Å². The Balaban J connectivity index is 1.58. The van der Waals surface area contributed by atoms with Gasteiger partial charge in [0.1, 0.15) is 5.76 Å². The summed E-state index contributed by atoms with van der Waals surface area (Å²) in [6.45, 7) is 4.51. The lowest BCUT2D eigenvalue weighted by Crippen LogP contribution is -2.52. The number of halogens is 3. The third-order valence-corrected chi connectivity index (χ3v) is 9.34. The van der Waals surface area contributed by atoms with Crippen molar-refractivity contribution in [2.24, 2.45) is 34.5 Å². The zero-order chi connectivity index (χ0) is 21.2. The Bertz CT molecular complexity index is 836. The van der Waals surface area contributed by atoms with Crippen molar-refractivity contribution >= 4 is 16.1 Å². The molecule has 4 aliphatic rings. The van der Waals surface area contributed by atoms with Crippen LogP contribution in [0, 0.1) is 34.5 Å². The minimum atomic E-state index is -5.66. The van der Waals surface area contributed by atoms with E-state index in [1.54, 1.807) is 6.08 Å². The molecule has 3 fully saturated rings. The van der Waals surface area contributed by atoms with Gasteiger partial charge in [-0.25, -0.2) is 0 Å². The number of fused-ring (bicyclic) bond motifs is 5. The molecular formula is C20H27F3O5S. The lowest BCUT2D eigenvalue weighted by molar-refractivity contribution is -0.144. The molecular weight excluding hydrogens is 409 g/mol. The van der Waals surface area contributed by atoms with Crippen molar-refractivity contribution in [2.45, 2.75) is 64.3 Å². The molecule has 9 heteroatoms. The van der Waals surface area contributed by atoms with Gasteiger partial charge in [0, 0.05) is 11.8 Å². The molecule has 0 aromatic rings. The highest BCUT2D eigenvalue weighted by molar-refractivity contribution is 7.87. The molecule has 0 aromatic heterocycles. The zero-order valence-electron chi connectivity index (χ0n) is 16.6. The maximum absolute atomic E-state index is 12.8. The Morgan fingerprint density at radius 3 is 2.55 bits per heavy atom. The molecule has 1 aliphatic heterocycles. The highest BCUT2D eigenvalue weighted by Gasteiger charge is 2.60. The van der Waals surface area contributed by atoms with E-state index >= 15 is 0 Å². The van der Waals surface area contributed by atoms with Gasteiger partial charge in [0.15, 0.2) is 0 Å². The number of hydrogen-bond donors (Lipinski definition) is 0. The Hall–Kier alpha value is -1.25. The third kappa shape index (κ3) is 3.18. The van der Waals surface area contributed by atoms with Crippen LogP contribution in [-0.4, -0.2) is 26.5 Å². The third-order valence-electron chi connectivity index (χ3n) is 8.37. The lowest BCUT2D eigenvalue weighted by atomic mass is 9.47. The largest absolute Gasteiger partial charge is 0.534 e. The van der Waals surface area contributed by atoms with Gasteiger partial charge in [-0.3, -0.25) is 4.79 Å². The smallest absolute Gasteiger partial charge is 0.465 e. The highest BCUT2D eigenvalue weighted by Crippen LogP contribution is 2.65. The van der Waals surface area contributed by atoms with Crippen LogP contribution in [0.15, 0.2) is 11.8 Å². The average Bonchev–Trinajstić information content (AvgIpc) is 2.85. The van der Waals surface area contributed by atoms with E-state index in [9.17, 15) is 26.4 Å². The molecule has 0 unspecified atom stereocenters. The Morgan fingerprint density at radius 1 is 1.14 bits per heavy atom. The van der Waals surface area contributed by atoms with Gasteiger partial charge in [0.2, 0.25) is 0 Å². The summed E-state index contributed by atoms with van der Waals surface area (Å²) in [7, 11) is -5.66. The molecule has 0 N–H and O–H groups in total. The van der Waals surface area contributed by atoms with Crippen LogP contribution in [0.1, 0.15) is 58.8 Å². The summed E-state index contributed by atoms with van der Waals surface area (Å²) in [6.07, 6.45) is 6.42. The van der Waals surface area contributed by atoms with Gasteiger partial charge in [0.25, 0.3) is 0 Å². The molecule has 164 valence electrons. The molecule has 0 spiro atoms. The van der Waals surface area contributed by atoms with Gasteiger partial charge in [-0.1, -0.05) is 13.8 Å². The van der Waals surface area contributed by atoms with Gasteiger partial charge in [-0.15, -0.1) is 0 Å². The second-order valence-electron chi connectivity index (χ2n) is 9.58. The highest BCUT2D eigenvalue weighted by atomic mass is 32.2. The fraction of sp³-hybridized carbons (Fsp3) is 0.850.